The topological polar surface area (TPSA) is 81.7 Å². The summed E-state index contributed by atoms with van der Waals surface area (Å²) < 4.78 is 34.4. The van der Waals surface area contributed by atoms with Crippen molar-refractivity contribution in [1.29, 1.82) is 0 Å². The quantitative estimate of drug-likeness (QED) is 0.793. The minimum atomic E-state index is -3.63. The second-order valence-electron chi connectivity index (χ2n) is 8.24. The Labute approximate surface area is 155 Å². The van der Waals surface area contributed by atoms with E-state index in [1.165, 1.54) is 0 Å². The van der Waals surface area contributed by atoms with Gasteiger partial charge in [0.25, 0.3) is 10.1 Å². The summed E-state index contributed by atoms with van der Waals surface area (Å²) in [4.78, 5) is 12.3. The lowest BCUT2D eigenvalue weighted by molar-refractivity contribution is 0.0226. The van der Waals surface area contributed by atoms with Crippen molar-refractivity contribution in [3.05, 3.63) is 35.9 Å². The van der Waals surface area contributed by atoms with Gasteiger partial charge in [-0.25, -0.2) is 4.79 Å². The van der Waals surface area contributed by atoms with Gasteiger partial charge in [0.1, 0.15) is 12.7 Å². The summed E-state index contributed by atoms with van der Waals surface area (Å²) in [6, 6.07) is 9.03. The fourth-order valence-electron chi connectivity index (χ4n) is 4.74. The summed E-state index contributed by atoms with van der Waals surface area (Å²) in [7, 11) is -3.63. The molecule has 1 N–H and O–H groups in total. The summed E-state index contributed by atoms with van der Waals surface area (Å²) in [5.41, 5.74) is 0.435. The lowest BCUT2D eigenvalue weighted by Crippen LogP contribution is -2.51. The molecule has 1 aromatic rings. The maximum atomic E-state index is 12.3. The van der Waals surface area contributed by atoms with Crippen LogP contribution in [0.3, 0.4) is 0 Å². The Morgan fingerprint density at radius 1 is 1.23 bits per heavy atom. The van der Waals surface area contributed by atoms with Crippen LogP contribution in [-0.2, 0) is 25.6 Å². The number of benzene rings is 1. The number of hydrogen-bond donors (Lipinski definition) is 1. The standard InChI is InChI=1S/C19H27NO5S/c1-18(2)14-10-11-19(18,3)16(25-26(4,22)23)15(14)20-17(21)24-12-13-8-6-5-7-9-13/h5-9,14-16H,10-12H2,1-4H3,(H,20,21)/t14?,15-,16-,19?/m1/s1. The first-order valence-corrected chi connectivity index (χ1v) is 10.7. The molecule has 2 saturated carbocycles. The van der Waals surface area contributed by atoms with E-state index in [4.69, 9.17) is 8.92 Å². The van der Waals surface area contributed by atoms with Crippen molar-refractivity contribution < 1.29 is 22.1 Å². The highest BCUT2D eigenvalue weighted by Crippen LogP contribution is 2.66. The van der Waals surface area contributed by atoms with Gasteiger partial charge in [-0.1, -0.05) is 51.1 Å². The van der Waals surface area contributed by atoms with Crippen molar-refractivity contribution in [3.8, 4) is 0 Å². The molecule has 1 aromatic carbocycles. The molecule has 7 heteroatoms. The molecular formula is C19H27NO5S. The average Bonchev–Trinajstić information content (AvgIpc) is 2.86. The Hall–Kier alpha value is -1.60. The molecule has 0 saturated heterocycles. The van der Waals surface area contributed by atoms with Crippen LogP contribution in [0.25, 0.3) is 0 Å². The number of carbonyl (C=O) groups is 1. The molecule has 0 aromatic heterocycles. The van der Waals surface area contributed by atoms with Crippen LogP contribution in [0.15, 0.2) is 30.3 Å². The van der Waals surface area contributed by atoms with Crippen LogP contribution in [-0.4, -0.2) is 32.9 Å². The van der Waals surface area contributed by atoms with Crippen LogP contribution >= 0.6 is 0 Å². The lowest BCUT2D eigenvalue weighted by Gasteiger charge is -2.39. The van der Waals surface area contributed by atoms with Crippen molar-refractivity contribution in [3.63, 3.8) is 0 Å². The van der Waals surface area contributed by atoms with E-state index in [1.807, 2.05) is 30.3 Å². The summed E-state index contributed by atoms with van der Waals surface area (Å²) in [5, 5.41) is 2.88. The van der Waals surface area contributed by atoms with Crippen LogP contribution in [0.1, 0.15) is 39.2 Å². The van der Waals surface area contributed by atoms with Gasteiger partial charge in [-0.15, -0.1) is 0 Å². The van der Waals surface area contributed by atoms with E-state index in [0.717, 1.165) is 24.7 Å². The predicted molar refractivity (Wildman–Crippen MR) is 97.9 cm³/mol. The molecular weight excluding hydrogens is 354 g/mol. The van der Waals surface area contributed by atoms with Gasteiger partial charge in [0.05, 0.1) is 12.3 Å². The predicted octanol–water partition coefficient (Wildman–Crippen LogP) is 3.08. The molecule has 0 radical (unpaired) electrons. The Bertz CT molecular complexity index is 776. The van der Waals surface area contributed by atoms with Gasteiger partial charge in [-0.2, -0.15) is 8.42 Å². The maximum Gasteiger partial charge on any atom is 0.407 e. The summed E-state index contributed by atoms with van der Waals surface area (Å²) >= 11 is 0. The van der Waals surface area contributed by atoms with Crippen molar-refractivity contribution >= 4 is 16.2 Å². The first kappa shape index (κ1) is 19.2. The van der Waals surface area contributed by atoms with Gasteiger partial charge < -0.3 is 10.1 Å². The largest absolute Gasteiger partial charge is 0.445 e. The van der Waals surface area contributed by atoms with E-state index in [9.17, 15) is 13.2 Å². The first-order valence-electron chi connectivity index (χ1n) is 8.90. The molecule has 4 atom stereocenters. The van der Waals surface area contributed by atoms with E-state index >= 15 is 0 Å². The zero-order valence-corrected chi connectivity index (χ0v) is 16.5. The highest BCUT2D eigenvalue weighted by atomic mass is 32.2. The smallest absolute Gasteiger partial charge is 0.407 e. The van der Waals surface area contributed by atoms with E-state index in [0.29, 0.717) is 0 Å². The van der Waals surface area contributed by atoms with Gasteiger partial charge in [-0.3, -0.25) is 4.18 Å². The van der Waals surface area contributed by atoms with E-state index < -0.39 is 22.3 Å². The fraction of sp³-hybridized carbons (Fsp3) is 0.632. The number of ether oxygens (including phenoxy) is 1. The van der Waals surface area contributed by atoms with Crippen LogP contribution in [0.5, 0.6) is 0 Å². The fourth-order valence-corrected chi connectivity index (χ4v) is 5.45. The van der Waals surface area contributed by atoms with E-state index in [2.05, 4.69) is 26.1 Å². The highest BCUT2D eigenvalue weighted by molar-refractivity contribution is 7.86. The number of fused-ring (bicyclic) bond motifs is 2. The monoisotopic (exact) mass is 381 g/mol. The number of rotatable bonds is 5. The molecule has 0 heterocycles. The second-order valence-corrected chi connectivity index (χ2v) is 9.84. The normalized spacial score (nSPS) is 32.4. The summed E-state index contributed by atoms with van der Waals surface area (Å²) in [5.74, 6) is 0.142. The van der Waals surface area contributed by atoms with Crippen LogP contribution in [0, 0.1) is 16.7 Å². The molecule has 2 fully saturated rings. The minimum absolute atomic E-state index is 0.139. The number of hydrogen-bond acceptors (Lipinski definition) is 5. The lowest BCUT2D eigenvalue weighted by atomic mass is 9.70. The van der Waals surface area contributed by atoms with Gasteiger partial charge in [0, 0.05) is 5.41 Å². The maximum absolute atomic E-state index is 12.3. The Balaban J connectivity index is 1.73. The molecule has 6 nitrogen and oxygen atoms in total. The number of alkyl carbamates (subject to hydrolysis) is 1. The molecule has 0 spiro atoms. The molecule has 2 bridgehead atoms. The van der Waals surface area contributed by atoms with Gasteiger partial charge in [0.15, 0.2) is 0 Å². The minimum Gasteiger partial charge on any atom is -0.445 e. The molecule has 0 aliphatic heterocycles. The molecule has 2 unspecified atom stereocenters. The van der Waals surface area contributed by atoms with Crippen molar-refractivity contribution in [2.24, 2.45) is 16.7 Å². The molecule has 26 heavy (non-hydrogen) atoms. The summed E-state index contributed by atoms with van der Waals surface area (Å²) in [6.45, 7) is 6.47. The third kappa shape index (κ3) is 3.34. The van der Waals surface area contributed by atoms with Gasteiger partial charge in [-0.05, 0) is 29.7 Å². The Kier molecular flexibility index (Phi) is 4.82. The zero-order valence-electron chi connectivity index (χ0n) is 15.7. The van der Waals surface area contributed by atoms with Gasteiger partial charge >= 0.3 is 6.09 Å². The second kappa shape index (κ2) is 6.53. The highest BCUT2D eigenvalue weighted by Gasteiger charge is 2.68. The van der Waals surface area contributed by atoms with Crippen LogP contribution in [0.4, 0.5) is 4.79 Å². The van der Waals surface area contributed by atoms with Gasteiger partial charge in [0.2, 0.25) is 0 Å². The third-order valence-corrected chi connectivity index (χ3v) is 7.09. The average molecular weight is 381 g/mol. The molecule has 2 aliphatic rings. The van der Waals surface area contributed by atoms with Crippen molar-refractivity contribution in [1.82, 2.24) is 5.32 Å². The number of nitrogens with one attached hydrogen (secondary N) is 1. The Morgan fingerprint density at radius 2 is 1.88 bits per heavy atom. The first-order chi connectivity index (χ1) is 12.0. The number of amides is 1. The summed E-state index contributed by atoms with van der Waals surface area (Å²) in [6.07, 6.45) is 1.72. The van der Waals surface area contributed by atoms with E-state index in [-0.39, 0.29) is 29.4 Å². The van der Waals surface area contributed by atoms with Crippen LogP contribution < -0.4 is 5.32 Å². The SMILES string of the molecule is CC1(C)C2CCC1(C)[C@H](OS(C)(=O)=O)[C@@H]2NC(=O)OCc1ccccc1. The third-order valence-electron chi connectivity index (χ3n) is 6.54. The van der Waals surface area contributed by atoms with Crippen molar-refractivity contribution in [2.75, 3.05) is 6.26 Å². The molecule has 144 valence electrons. The Morgan fingerprint density at radius 3 is 2.50 bits per heavy atom. The molecule has 3 rings (SSSR count). The van der Waals surface area contributed by atoms with Crippen LogP contribution in [0.2, 0.25) is 0 Å². The number of carbonyl (C=O) groups excluding carboxylic acids is 1. The molecule has 1 amide bonds. The van der Waals surface area contributed by atoms with E-state index in [1.54, 1.807) is 0 Å². The molecule has 2 aliphatic carbocycles. The van der Waals surface area contributed by atoms with Crippen molar-refractivity contribution in [2.45, 2.75) is 52.4 Å². The zero-order chi connectivity index (χ0) is 19.2.